The van der Waals surface area contributed by atoms with Crippen LogP contribution in [0.4, 0.5) is 0 Å². The Morgan fingerprint density at radius 2 is 1.83 bits per heavy atom. The van der Waals surface area contributed by atoms with Gasteiger partial charge in [0.1, 0.15) is 0 Å². The fourth-order valence-corrected chi connectivity index (χ4v) is 3.70. The van der Waals surface area contributed by atoms with Crippen LogP contribution in [-0.4, -0.2) is 52.6 Å². The van der Waals surface area contributed by atoms with Crippen molar-refractivity contribution >= 4 is 17.7 Å². The SMILES string of the molecule is O=C(CCSc1ccccc1)N1CCN(Cc2cccnc2)CC1. The van der Waals surface area contributed by atoms with Gasteiger partial charge >= 0.3 is 0 Å². The van der Waals surface area contributed by atoms with E-state index < -0.39 is 0 Å². The summed E-state index contributed by atoms with van der Waals surface area (Å²) in [4.78, 5) is 22.1. The number of benzene rings is 1. The molecule has 1 saturated heterocycles. The molecular formula is C19H23N3OS. The highest BCUT2D eigenvalue weighted by Gasteiger charge is 2.20. The van der Waals surface area contributed by atoms with Gasteiger partial charge < -0.3 is 4.90 Å². The van der Waals surface area contributed by atoms with Crippen LogP contribution in [0.5, 0.6) is 0 Å². The fourth-order valence-electron chi connectivity index (χ4n) is 2.84. The van der Waals surface area contributed by atoms with E-state index in [4.69, 9.17) is 0 Å². The summed E-state index contributed by atoms with van der Waals surface area (Å²) in [5, 5.41) is 0. The zero-order chi connectivity index (χ0) is 16.6. The van der Waals surface area contributed by atoms with Gasteiger partial charge in [-0.05, 0) is 23.8 Å². The van der Waals surface area contributed by atoms with E-state index in [9.17, 15) is 4.79 Å². The number of rotatable bonds is 6. The van der Waals surface area contributed by atoms with Crippen molar-refractivity contribution in [2.45, 2.75) is 17.9 Å². The third kappa shape index (κ3) is 5.08. The largest absolute Gasteiger partial charge is 0.340 e. The normalized spacial score (nSPS) is 15.4. The number of hydrogen-bond acceptors (Lipinski definition) is 4. The van der Waals surface area contributed by atoms with Gasteiger partial charge in [-0.2, -0.15) is 0 Å². The maximum Gasteiger partial charge on any atom is 0.223 e. The average molecular weight is 341 g/mol. The van der Waals surface area contributed by atoms with Crippen molar-refractivity contribution in [1.82, 2.24) is 14.8 Å². The van der Waals surface area contributed by atoms with Crippen LogP contribution in [0.25, 0.3) is 0 Å². The Hall–Kier alpha value is -1.85. The van der Waals surface area contributed by atoms with E-state index in [1.165, 1.54) is 10.5 Å². The Labute approximate surface area is 147 Å². The molecule has 5 heteroatoms. The van der Waals surface area contributed by atoms with E-state index in [-0.39, 0.29) is 5.91 Å². The van der Waals surface area contributed by atoms with E-state index in [1.807, 2.05) is 35.4 Å². The summed E-state index contributed by atoms with van der Waals surface area (Å²) in [6.45, 7) is 4.45. The van der Waals surface area contributed by atoms with E-state index in [1.54, 1.807) is 18.0 Å². The molecule has 2 aromatic rings. The Kier molecular flexibility index (Phi) is 6.26. The molecule has 1 aliphatic heterocycles. The van der Waals surface area contributed by atoms with Gasteiger partial charge in [-0.25, -0.2) is 0 Å². The van der Waals surface area contributed by atoms with Gasteiger partial charge in [-0.3, -0.25) is 14.7 Å². The lowest BCUT2D eigenvalue weighted by molar-refractivity contribution is -0.132. The van der Waals surface area contributed by atoms with Crippen molar-refractivity contribution in [3.8, 4) is 0 Å². The van der Waals surface area contributed by atoms with Crippen molar-refractivity contribution < 1.29 is 4.79 Å². The number of nitrogens with zero attached hydrogens (tertiary/aromatic N) is 3. The standard InChI is InChI=1S/C19H23N3OS/c23-19(8-14-24-18-6-2-1-3-7-18)22-12-10-21(11-13-22)16-17-5-4-9-20-15-17/h1-7,9,15H,8,10-14,16H2. The second kappa shape index (κ2) is 8.85. The summed E-state index contributed by atoms with van der Waals surface area (Å²) < 4.78 is 0. The molecule has 24 heavy (non-hydrogen) atoms. The molecule has 1 aromatic carbocycles. The van der Waals surface area contributed by atoms with Gasteiger partial charge in [0.15, 0.2) is 0 Å². The molecule has 0 N–H and O–H groups in total. The first kappa shape index (κ1) is 17.0. The molecule has 3 rings (SSSR count). The minimum Gasteiger partial charge on any atom is -0.340 e. The lowest BCUT2D eigenvalue weighted by atomic mass is 10.2. The molecule has 0 bridgehead atoms. The number of aromatic nitrogens is 1. The number of amides is 1. The molecule has 0 atom stereocenters. The van der Waals surface area contributed by atoms with Crippen LogP contribution < -0.4 is 0 Å². The highest BCUT2D eigenvalue weighted by molar-refractivity contribution is 7.99. The molecule has 1 aromatic heterocycles. The molecule has 1 fully saturated rings. The Balaban J connectivity index is 1.37. The minimum absolute atomic E-state index is 0.277. The van der Waals surface area contributed by atoms with E-state index >= 15 is 0 Å². The summed E-state index contributed by atoms with van der Waals surface area (Å²) >= 11 is 1.75. The minimum atomic E-state index is 0.277. The van der Waals surface area contributed by atoms with Crippen molar-refractivity contribution in [1.29, 1.82) is 0 Å². The number of piperazine rings is 1. The Morgan fingerprint density at radius 3 is 2.54 bits per heavy atom. The second-order valence-electron chi connectivity index (χ2n) is 5.93. The Morgan fingerprint density at radius 1 is 1.04 bits per heavy atom. The highest BCUT2D eigenvalue weighted by Crippen LogP contribution is 2.18. The molecule has 1 aliphatic rings. The van der Waals surface area contributed by atoms with Crippen LogP contribution in [0.3, 0.4) is 0 Å². The molecule has 1 amide bonds. The van der Waals surface area contributed by atoms with Gasteiger partial charge in [0.2, 0.25) is 5.91 Å². The Bertz CT molecular complexity index is 628. The number of thioether (sulfide) groups is 1. The monoisotopic (exact) mass is 341 g/mol. The number of carbonyl (C=O) groups excluding carboxylic acids is 1. The summed E-state index contributed by atoms with van der Waals surface area (Å²) in [6.07, 6.45) is 4.33. The fraction of sp³-hybridized carbons (Fsp3) is 0.368. The van der Waals surface area contributed by atoms with E-state index in [0.29, 0.717) is 6.42 Å². The molecule has 2 heterocycles. The van der Waals surface area contributed by atoms with Gasteiger partial charge in [-0.1, -0.05) is 24.3 Å². The third-order valence-corrected chi connectivity index (χ3v) is 5.20. The van der Waals surface area contributed by atoms with E-state index in [2.05, 4.69) is 28.1 Å². The number of carbonyl (C=O) groups is 1. The van der Waals surface area contributed by atoms with Gasteiger partial charge in [0, 0.05) is 62.2 Å². The first-order valence-corrected chi connectivity index (χ1v) is 9.37. The molecular weight excluding hydrogens is 318 g/mol. The van der Waals surface area contributed by atoms with Crippen molar-refractivity contribution in [2.75, 3.05) is 31.9 Å². The topological polar surface area (TPSA) is 36.4 Å². The summed E-state index contributed by atoms with van der Waals surface area (Å²) in [5.41, 5.74) is 1.23. The molecule has 0 spiro atoms. The molecule has 0 saturated carbocycles. The number of hydrogen-bond donors (Lipinski definition) is 0. The molecule has 0 aliphatic carbocycles. The second-order valence-corrected chi connectivity index (χ2v) is 7.10. The van der Waals surface area contributed by atoms with Gasteiger partial charge in [0.05, 0.1) is 0 Å². The lowest BCUT2D eigenvalue weighted by Crippen LogP contribution is -2.48. The molecule has 4 nitrogen and oxygen atoms in total. The summed E-state index contributed by atoms with van der Waals surface area (Å²) in [6, 6.07) is 14.3. The van der Waals surface area contributed by atoms with Crippen molar-refractivity contribution in [3.05, 3.63) is 60.4 Å². The van der Waals surface area contributed by atoms with Crippen LogP contribution in [0, 0.1) is 0 Å². The van der Waals surface area contributed by atoms with Crippen LogP contribution in [0.1, 0.15) is 12.0 Å². The predicted octanol–water partition coefficient (Wildman–Crippen LogP) is 2.91. The molecule has 0 radical (unpaired) electrons. The van der Waals surface area contributed by atoms with Gasteiger partial charge in [-0.15, -0.1) is 11.8 Å². The number of pyridine rings is 1. The predicted molar refractivity (Wildman–Crippen MR) is 97.9 cm³/mol. The van der Waals surface area contributed by atoms with Crippen molar-refractivity contribution in [2.24, 2.45) is 0 Å². The summed E-state index contributed by atoms with van der Waals surface area (Å²) in [5.74, 6) is 1.12. The van der Waals surface area contributed by atoms with E-state index in [0.717, 1.165) is 38.5 Å². The maximum atomic E-state index is 12.3. The smallest absolute Gasteiger partial charge is 0.223 e. The van der Waals surface area contributed by atoms with Crippen LogP contribution in [-0.2, 0) is 11.3 Å². The highest BCUT2D eigenvalue weighted by atomic mass is 32.2. The maximum absolute atomic E-state index is 12.3. The molecule has 126 valence electrons. The van der Waals surface area contributed by atoms with Crippen molar-refractivity contribution in [3.63, 3.8) is 0 Å². The first-order valence-electron chi connectivity index (χ1n) is 8.38. The quantitative estimate of drug-likeness (QED) is 0.757. The van der Waals surface area contributed by atoms with Crippen LogP contribution >= 0.6 is 11.8 Å². The lowest BCUT2D eigenvalue weighted by Gasteiger charge is -2.34. The van der Waals surface area contributed by atoms with Crippen LogP contribution in [0.2, 0.25) is 0 Å². The zero-order valence-electron chi connectivity index (χ0n) is 13.8. The average Bonchev–Trinajstić information content (AvgIpc) is 2.64. The third-order valence-electron chi connectivity index (χ3n) is 4.18. The zero-order valence-corrected chi connectivity index (χ0v) is 14.6. The summed E-state index contributed by atoms with van der Waals surface area (Å²) in [7, 11) is 0. The van der Waals surface area contributed by atoms with Crippen LogP contribution in [0.15, 0.2) is 59.8 Å². The first-order chi connectivity index (χ1) is 11.8. The van der Waals surface area contributed by atoms with Gasteiger partial charge in [0.25, 0.3) is 0 Å². The molecule has 0 unspecified atom stereocenters.